The van der Waals surface area contributed by atoms with Gasteiger partial charge >= 0.3 is 5.97 Å². The fraction of sp³-hybridized carbons (Fsp3) is 0.136. The van der Waals surface area contributed by atoms with Crippen molar-refractivity contribution in [3.8, 4) is 0 Å². The molecule has 7 heteroatoms. The second-order valence-corrected chi connectivity index (χ2v) is 8.48. The Labute approximate surface area is 177 Å². The smallest absolute Gasteiger partial charge is 0.327 e. The molecule has 4 rings (SSSR count). The zero-order valence-electron chi connectivity index (χ0n) is 15.6. The molecule has 29 heavy (non-hydrogen) atoms. The molecule has 1 aromatic heterocycles. The number of benzene rings is 2. The van der Waals surface area contributed by atoms with E-state index < -0.39 is 12.0 Å². The summed E-state index contributed by atoms with van der Waals surface area (Å²) in [5.74, 6) is -1.44. The van der Waals surface area contributed by atoms with Crippen molar-refractivity contribution >= 4 is 57.2 Å². The summed E-state index contributed by atoms with van der Waals surface area (Å²) in [6.45, 7) is 0. The molecule has 0 aliphatic carbocycles. The normalized spacial score (nSPS) is 16.7. The molecule has 2 heterocycles. The van der Waals surface area contributed by atoms with Crippen LogP contribution >= 0.6 is 24.0 Å². The van der Waals surface area contributed by atoms with Gasteiger partial charge in [-0.3, -0.25) is 9.69 Å². The highest BCUT2D eigenvalue weighted by molar-refractivity contribution is 8.26. The third-order valence-electron chi connectivity index (χ3n) is 4.91. The molecule has 0 bridgehead atoms. The van der Waals surface area contributed by atoms with Crippen LogP contribution in [0.3, 0.4) is 0 Å². The average molecular weight is 423 g/mol. The monoisotopic (exact) mass is 422 g/mol. The molecule has 1 fully saturated rings. The van der Waals surface area contributed by atoms with E-state index in [4.69, 9.17) is 12.2 Å². The van der Waals surface area contributed by atoms with Gasteiger partial charge in [0.2, 0.25) is 0 Å². The number of fused-ring (bicyclic) bond motifs is 1. The maximum Gasteiger partial charge on any atom is 0.327 e. The van der Waals surface area contributed by atoms with Crippen LogP contribution in [0.1, 0.15) is 11.1 Å². The zero-order chi connectivity index (χ0) is 20.5. The van der Waals surface area contributed by atoms with E-state index in [0.717, 1.165) is 33.8 Å². The number of aryl methyl sites for hydroxylation is 1. The number of hydrogen-bond donors (Lipinski definition) is 1. The van der Waals surface area contributed by atoms with E-state index in [1.54, 1.807) is 6.08 Å². The maximum atomic E-state index is 13.1. The van der Waals surface area contributed by atoms with Gasteiger partial charge in [0.25, 0.3) is 5.91 Å². The van der Waals surface area contributed by atoms with Crippen molar-refractivity contribution in [3.63, 3.8) is 0 Å². The number of carbonyl (C=O) groups excluding carboxylic acids is 1. The van der Waals surface area contributed by atoms with Crippen molar-refractivity contribution in [2.45, 2.75) is 12.5 Å². The van der Waals surface area contributed by atoms with Crippen LogP contribution < -0.4 is 0 Å². The first-order chi connectivity index (χ1) is 14.0. The molecule has 1 aliphatic heterocycles. The van der Waals surface area contributed by atoms with E-state index in [-0.39, 0.29) is 16.6 Å². The van der Waals surface area contributed by atoms with Gasteiger partial charge in [-0.2, -0.15) is 0 Å². The summed E-state index contributed by atoms with van der Waals surface area (Å²) in [5.41, 5.74) is 2.80. The molecular formula is C22H18N2O3S2. The van der Waals surface area contributed by atoms with E-state index in [2.05, 4.69) is 0 Å². The second kappa shape index (κ2) is 7.85. The van der Waals surface area contributed by atoms with E-state index >= 15 is 0 Å². The van der Waals surface area contributed by atoms with Crippen molar-refractivity contribution < 1.29 is 14.7 Å². The van der Waals surface area contributed by atoms with E-state index in [9.17, 15) is 14.7 Å². The molecule has 3 aromatic rings. The number of carboxylic acid groups (broad SMARTS) is 1. The Bertz CT molecular complexity index is 1150. The summed E-state index contributed by atoms with van der Waals surface area (Å²) in [5, 5.41) is 10.8. The van der Waals surface area contributed by atoms with Gasteiger partial charge in [0.15, 0.2) is 0 Å². The quantitative estimate of drug-likeness (QED) is 0.496. The summed E-state index contributed by atoms with van der Waals surface area (Å²) in [6, 6.07) is 16.1. The third-order valence-corrected chi connectivity index (χ3v) is 6.24. The van der Waals surface area contributed by atoms with Crippen molar-refractivity contribution in [2.24, 2.45) is 7.05 Å². The highest BCUT2D eigenvalue weighted by Crippen LogP contribution is 2.36. The highest BCUT2D eigenvalue weighted by atomic mass is 32.2. The first kappa shape index (κ1) is 19.4. The minimum atomic E-state index is -1.07. The molecule has 1 N–H and O–H groups in total. The summed E-state index contributed by atoms with van der Waals surface area (Å²) < 4.78 is 2.27. The molecular weight excluding hydrogens is 404 g/mol. The summed E-state index contributed by atoms with van der Waals surface area (Å²) in [4.78, 5) is 26.7. The number of thioether (sulfide) groups is 1. The molecule has 0 spiro atoms. The number of hydrogen-bond acceptors (Lipinski definition) is 4. The van der Waals surface area contributed by atoms with Crippen molar-refractivity contribution in [2.75, 3.05) is 0 Å². The van der Waals surface area contributed by atoms with E-state index in [1.165, 1.54) is 4.90 Å². The fourth-order valence-electron chi connectivity index (χ4n) is 3.50. The topological polar surface area (TPSA) is 62.5 Å². The average Bonchev–Trinajstić information content (AvgIpc) is 3.17. The Morgan fingerprint density at radius 3 is 2.59 bits per heavy atom. The Morgan fingerprint density at radius 2 is 1.86 bits per heavy atom. The van der Waals surface area contributed by atoms with Crippen LogP contribution in [-0.4, -0.2) is 36.8 Å². The van der Waals surface area contributed by atoms with Gasteiger partial charge in [0.1, 0.15) is 10.4 Å². The molecule has 1 atom stereocenters. The Kier molecular flexibility index (Phi) is 5.25. The van der Waals surface area contributed by atoms with Crippen LogP contribution in [0, 0.1) is 0 Å². The van der Waals surface area contributed by atoms with Crippen LogP contribution in [0.4, 0.5) is 0 Å². The molecule has 1 aliphatic rings. The Morgan fingerprint density at radius 1 is 1.17 bits per heavy atom. The van der Waals surface area contributed by atoms with E-state index in [1.807, 2.05) is 72.4 Å². The predicted octanol–water partition coefficient (Wildman–Crippen LogP) is 4.08. The van der Waals surface area contributed by atoms with Gasteiger partial charge < -0.3 is 9.67 Å². The van der Waals surface area contributed by atoms with Crippen molar-refractivity contribution in [1.82, 2.24) is 9.47 Å². The van der Waals surface area contributed by atoms with E-state index in [0.29, 0.717) is 4.91 Å². The molecule has 146 valence electrons. The predicted molar refractivity (Wildman–Crippen MR) is 120 cm³/mol. The first-order valence-corrected chi connectivity index (χ1v) is 10.3. The third kappa shape index (κ3) is 3.71. The zero-order valence-corrected chi connectivity index (χ0v) is 17.2. The van der Waals surface area contributed by atoms with Crippen molar-refractivity contribution in [3.05, 3.63) is 76.8 Å². The number of rotatable bonds is 5. The molecule has 5 nitrogen and oxygen atoms in total. The Hall–Kier alpha value is -2.90. The lowest BCUT2D eigenvalue weighted by atomic mass is 10.0. The largest absolute Gasteiger partial charge is 0.480 e. The molecule has 2 aromatic carbocycles. The number of thiocarbonyl (C=S) groups is 1. The molecule has 1 saturated heterocycles. The molecule has 0 radical (unpaired) electrons. The van der Waals surface area contributed by atoms with Gasteiger partial charge in [-0.05, 0) is 17.7 Å². The first-order valence-electron chi connectivity index (χ1n) is 9.03. The molecule has 0 saturated carbocycles. The van der Waals surface area contributed by atoms with Gasteiger partial charge in [-0.1, -0.05) is 72.5 Å². The number of aromatic nitrogens is 1. The van der Waals surface area contributed by atoms with Gasteiger partial charge in [0.05, 0.1) is 4.91 Å². The number of carboxylic acids is 1. The van der Waals surface area contributed by atoms with Crippen LogP contribution in [-0.2, 0) is 23.1 Å². The highest BCUT2D eigenvalue weighted by Gasteiger charge is 2.40. The van der Waals surface area contributed by atoms with Crippen LogP contribution in [0.5, 0.6) is 0 Å². The maximum absolute atomic E-state index is 13.1. The fourth-order valence-corrected chi connectivity index (χ4v) is 4.85. The number of nitrogens with zero attached hydrogens (tertiary/aromatic N) is 2. The molecule has 0 unspecified atom stereocenters. The number of aliphatic carboxylic acids is 1. The van der Waals surface area contributed by atoms with Crippen LogP contribution in [0.2, 0.25) is 0 Å². The van der Waals surface area contributed by atoms with Crippen molar-refractivity contribution in [1.29, 1.82) is 0 Å². The van der Waals surface area contributed by atoms with Crippen LogP contribution in [0.25, 0.3) is 17.0 Å². The van der Waals surface area contributed by atoms with Gasteiger partial charge in [-0.15, -0.1) is 0 Å². The number of amides is 1. The van der Waals surface area contributed by atoms with Crippen LogP contribution in [0.15, 0.2) is 65.7 Å². The molecule has 1 amide bonds. The minimum absolute atomic E-state index is 0.199. The lowest BCUT2D eigenvalue weighted by Crippen LogP contribution is -2.45. The van der Waals surface area contributed by atoms with Gasteiger partial charge in [0, 0.05) is 36.1 Å². The summed E-state index contributed by atoms with van der Waals surface area (Å²) in [6.07, 6.45) is 3.95. The van der Waals surface area contributed by atoms with Gasteiger partial charge in [-0.25, -0.2) is 4.79 Å². The summed E-state index contributed by atoms with van der Waals surface area (Å²) in [7, 11) is 1.95. The Balaban J connectivity index is 1.67. The standard InChI is InChI=1S/C22H18N2O3S2/c1-23-13-15(16-9-5-6-10-17(16)23)12-19-20(25)24(22(28)29-19)18(21(26)27)11-14-7-3-2-4-8-14/h2-10,12-13,18H,11H2,1H3,(H,26,27)/b19-12-/t18-/m1/s1. The number of carbonyl (C=O) groups is 2. The number of para-hydroxylation sites is 1. The second-order valence-electron chi connectivity index (χ2n) is 6.81. The lowest BCUT2D eigenvalue weighted by Gasteiger charge is -2.23. The minimum Gasteiger partial charge on any atom is -0.480 e. The summed E-state index contributed by atoms with van der Waals surface area (Å²) >= 11 is 6.53. The lowest BCUT2D eigenvalue weighted by molar-refractivity contribution is -0.145. The SMILES string of the molecule is Cn1cc(/C=C2\SC(=S)N([C@H](Cc3ccccc3)C(=O)O)C2=O)c2ccccc21.